The predicted octanol–water partition coefficient (Wildman–Crippen LogP) is 3.84. The number of rotatable bonds is 2. The number of para-hydroxylation sites is 1. The van der Waals surface area contributed by atoms with Crippen LogP contribution in [-0.4, -0.2) is 15.0 Å². The first-order valence-electron chi connectivity index (χ1n) is 5.83. The average molecular weight is 315 g/mol. The number of hydrogen-bond acceptors (Lipinski definition) is 4. The molecule has 3 aromatic rings. The molecule has 1 aromatic carbocycles. The van der Waals surface area contributed by atoms with Crippen molar-refractivity contribution >= 4 is 38.5 Å². The molecule has 0 atom stereocenters. The Morgan fingerprint density at radius 2 is 1.84 bits per heavy atom. The second-order valence-corrected chi connectivity index (χ2v) is 5.10. The Hall–Kier alpha value is -2.01. The average Bonchev–Trinajstić information content (AvgIpc) is 2.42. The first-order chi connectivity index (χ1) is 9.22. The molecule has 1 N–H and O–H groups in total. The minimum atomic E-state index is 0.555. The molecule has 0 radical (unpaired) electrons. The highest BCUT2D eigenvalue weighted by Gasteiger charge is 2.04. The third-order valence-corrected chi connectivity index (χ3v) is 3.14. The lowest BCUT2D eigenvalue weighted by atomic mass is 10.2. The first-order valence-corrected chi connectivity index (χ1v) is 6.62. The Kier molecular flexibility index (Phi) is 3.13. The third kappa shape index (κ3) is 2.56. The SMILES string of the molecule is Cc1ccc2cccc(Nc3ncc(Br)cn3)c2n1. The van der Waals surface area contributed by atoms with E-state index in [9.17, 15) is 0 Å². The number of hydrogen-bond donors (Lipinski definition) is 1. The zero-order valence-corrected chi connectivity index (χ0v) is 11.8. The van der Waals surface area contributed by atoms with E-state index < -0.39 is 0 Å². The van der Waals surface area contributed by atoms with Gasteiger partial charge < -0.3 is 5.32 Å². The maximum absolute atomic E-state index is 4.56. The summed E-state index contributed by atoms with van der Waals surface area (Å²) in [7, 11) is 0. The van der Waals surface area contributed by atoms with Gasteiger partial charge in [0.25, 0.3) is 0 Å². The van der Waals surface area contributed by atoms with Crippen LogP contribution in [-0.2, 0) is 0 Å². The molecule has 2 heterocycles. The summed E-state index contributed by atoms with van der Waals surface area (Å²) >= 11 is 3.32. The van der Waals surface area contributed by atoms with Gasteiger partial charge in [0.15, 0.2) is 0 Å². The molecule has 0 amide bonds. The van der Waals surface area contributed by atoms with Crippen LogP contribution in [0.25, 0.3) is 10.9 Å². The fraction of sp³-hybridized carbons (Fsp3) is 0.0714. The lowest BCUT2D eigenvalue weighted by Crippen LogP contribution is -1.98. The smallest absolute Gasteiger partial charge is 0.227 e. The van der Waals surface area contributed by atoms with Crippen molar-refractivity contribution in [1.29, 1.82) is 0 Å². The quantitative estimate of drug-likeness (QED) is 0.780. The number of benzene rings is 1. The van der Waals surface area contributed by atoms with Crippen LogP contribution in [0.4, 0.5) is 11.6 Å². The van der Waals surface area contributed by atoms with E-state index in [4.69, 9.17) is 0 Å². The van der Waals surface area contributed by atoms with Crippen LogP contribution in [0, 0.1) is 6.92 Å². The van der Waals surface area contributed by atoms with Crippen LogP contribution in [0.15, 0.2) is 47.2 Å². The lowest BCUT2D eigenvalue weighted by molar-refractivity contribution is 1.15. The zero-order valence-electron chi connectivity index (χ0n) is 10.3. The highest BCUT2D eigenvalue weighted by molar-refractivity contribution is 9.10. The van der Waals surface area contributed by atoms with E-state index in [1.165, 1.54) is 0 Å². The van der Waals surface area contributed by atoms with Gasteiger partial charge in [-0.15, -0.1) is 0 Å². The van der Waals surface area contributed by atoms with Crippen LogP contribution in [0.3, 0.4) is 0 Å². The molecule has 0 fully saturated rings. The Morgan fingerprint density at radius 3 is 2.63 bits per heavy atom. The van der Waals surface area contributed by atoms with E-state index in [-0.39, 0.29) is 0 Å². The van der Waals surface area contributed by atoms with E-state index in [0.29, 0.717) is 5.95 Å². The molecule has 0 aliphatic heterocycles. The Balaban J connectivity index is 2.05. The lowest BCUT2D eigenvalue weighted by Gasteiger charge is -2.08. The summed E-state index contributed by atoms with van der Waals surface area (Å²) in [6, 6.07) is 10.1. The van der Waals surface area contributed by atoms with Gasteiger partial charge in [-0.2, -0.15) is 0 Å². The minimum Gasteiger partial charge on any atom is -0.322 e. The monoisotopic (exact) mass is 314 g/mol. The van der Waals surface area contributed by atoms with Crippen molar-refractivity contribution < 1.29 is 0 Å². The summed E-state index contributed by atoms with van der Waals surface area (Å²) in [6.07, 6.45) is 3.41. The molecule has 0 aliphatic carbocycles. The largest absolute Gasteiger partial charge is 0.322 e. The Morgan fingerprint density at radius 1 is 1.05 bits per heavy atom. The second kappa shape index (κ2) is 4.93. The van der Waals surface area contributed by atoms with Gasteiger partial charge in [0.1, 0.15) is 0 Å². The summed E-state index contributed by atoms with van der Waals surface area (Å²) in [5, 5.41) is 4.29. The number of halogens is 1. The molecule has 0 saturated carbocycles. The van der Waals surface area contributed by atoms with E-state index in [2.05, 4.69) is 42.3 Å². The maximum atomic E-state index is 4.56. The first kappa shape index (κ1) is 12.0. The summed E-state index contributed by atoms with van der Waals surface area (Å²) in [6.45, 7) is 1.98. The van der Waals surface area contributed by atoms with E-state index in [0.717, 1.165) is 26.8 Å². The van der Waals surface area contributed by atoms with Gasteiger partial charge in [0.2, 0.25) is 5.95 Å². The fourth-order valence-corrected chi connectivity index (χ4v) is 2.05. The summed E-state index contributed by atoms with van der Waals surface area (Å²) < 4.78 is 0.852. The number of anilines is 2. The van der Waals surface area contributed by atoms with Crippen LogP contribution >= 0.6 is 15.9 Å². The topological polar surface area (TPSA) is 50.7 Å². The fourth-order valence-electron chi connectivity index (χ4n) is 1.84. The van der Waals surface area contributed by atoms with Gasteiger partial charge in [0.05, 0.1) is 15.7 Å². The highest BCUT2D eigenvalue weighted by Crippen LogP contribution is 2.23. The second-order valence-electron chi connectivity index (χ2n) is 4.18. The summed E-state index contributed by atoms with van der Waals surface area (Å²) in [5.41, 5.74) is 2.82. The van der Waals surface area contributed by atoms with Gasteiger partial charge in [0, 0.05) is 23.5 Å². The van der Waals surface area contributed by atoms with Crippen LogP contribution in [0.5, 0.6) is 0 Å². The van der Waals surface area contributed by atoms with Crippen molar-refractivity contribution in [3.8, 4) is 0 Å². The van der Waals surface area contributed by atoms with Crippen LogP contribution < -0.4 is 5.32 Å². The molecule has 0 aliphatic rings. The third-order valence-electron chi connectivity index (χ3n) is 2.73. The van der Waals surface area contributed by atoms with Gasteiger partial charge in [-0.25, -0.2) is 9.97 Å². The molecule has 19 heavy (non-hydrogen) atoms. The molecule has 0 unspecified atom stereocenters. The number of aryl methyl sites for hydroxylation is 1. The summed E-state index contributed by atoms with van der Waals surface area (Å²) in [5.74, 6) is 0.555. The molecule has 4 nitrogen and oxygen atoms in total. The number of fused-ring (bicyclic) bond motifs is 1. The molecule has 0 saturated heterocycles. The zero-order chi connectivity index (χ0) is 13.2. The van der Waals surface area contributed by atoms with Crippen LogP contribution in [0.2, 0.25) is 0 Å². The maximum Gasteiger partial charge on any atom is 0.227 e. The van der Waals surface area contributed by atoms with Crippen LogP contribution in [0.1, 0.15) is 5.69 Å². The van der Waals surface area contributed by atoms with E-state index >= 15 is 0 Å². The van der Waals surface area contributed by atoms with Gasteiger partial charge in [-0.05, 0) is 35.0 Å². The summed E-state index contributed by atoms with van der Waals surface area (Å²) in [4.78, 5) is 13.0. The van der Waals surface area contributed by atoms with E-state index in [1.54, 1.807) is 12.4 Å². The van der Waals surface area contributed by atoms with Crippen molar-refractivity contribution in [2.75, 3.05) is 5.32 Å². The van der Waals surface area contributed by atoms with Crippen molar-refractivity contribution in [2.45, 2.75) is 6.92 Å². The van der Waals surface area contributed by atoms with Crippen molar-refractivity contribution in [3.05, 3.63) is 52.9 Å². The molecule has 3 rings (SSSR count). The Bertz CT molecular complexity index is 725. The predicted molar refractivity (Wildman–Crippen MR) is 79.5 cm³/mol. The number of pyridine rings is 1. The molecule has 5 heteroatoms. The van der Waals surface area contributed by atoms with Gasteiger partial charge >= 0.3 is 0 Å². The Labute approximate surface area is 119 Å². The standard InChI is InChI=1S/C14H11BrN4/c1-9-5-6-10-3-2-4-12(13(10)18-9)19-14-16-7-11(15)8-17-14/h2-8H,1H3,(H,16,17,19). The molecular formula is C14H11BrN4. The molecule has 0 bridgehead atoms. The molecule has 94 valence electrons. The van der Waals surface area contributed by atoms with Crippen molar-refractivity contribution in [3.63, 3.8) is 0 Å². The number of nitrogens with zero attached hydrogens (tertiary/aromatic N) is 3. The van der Waals surface area contributed by atoms with Gasteiger partial charge in [-0.3, -0.25) is 4.98 Å². The van der Waals surface area contributed by atoms with Crippen molar-refractivity contribution in [1.82, 2.24) is 15.0 Å². The van der Waals surface area contributed by atoms with Crippen molar-refractivity contribution in [2.24, 2.45) is 0 Å². The van der Waals surface area contributed by atoms with Gasteiger partial charge in [-0.1, -0.05) is 18.2 Å². The number of nitrogens with one attached hydrogen (secondary N) is 1. The number of aromatic nitrogens is 3. The van der Waals surface area contributed by atoms with E-state index in [1.807, 2.05) is 31.2 Å². The molecule has 0 spiro atoms. The molecule has 2 aromatic heterocycles. The molecular weight excluding hydrogens is 304 g/mol. The minimum absolute atomic E-state index is 0.555. The highest BCUT2D eigenvalue weighted by atomic mass is 79.9. The normalized spacial score (nSPS) is 10.6.